The fourth-order valence-corrected chi connectivity index (χ4v) is 4.30. The predicted octanol–water partition coefficient (Wildman–Crippen LogP) is 5.08. The van der Waals surface area contributed by atoms with E-state index < -0.39 is 12.1 Å². The van der Waals surface area contributed by atoms with Gasteiger partial charge >= 0.3 is 6.18 Å². The Morgan fingerprint density at radius 2 is 2.00 bits per heavy atom. The van der Waals surface area contributed by atoms with E-state index in [1.54, 1.807) is 11.3 Å². The molecule has 1 N–H and O–H groups in total. The van der Waals surface area contributed by atoms with Crippen molar-refractivity contribution in [3.8, 4) is 0 Å². The lowest BCUT2D eigenvalue weighted by atomic mass is 9.74. The Morgan fingerprint density at radius 1 is 1.30 bits per heavy atom. The molecule has 3 unspecified atom stereocenters. The first kappa shape index (κ1) is 15.8. The Balaban J connectivity index is 2.26. The smallest absolute Gasteiger partial charge is 0.309 e. The van der Waals surface area contributed by atoms with Crippen LogP contribution in [0.5, 0.6) is 0 Å². The largest absolute Gasteiger partial charge is 0.392 e. The van der Waals surface area contributed by atoms with Crippen LogP contribution in [0.2, 0.25) is 0 Å². The topological polar surface area (TPSA) is 12.0 Å². The zero-order chi connectivity index (χ0) is 14.8. The number of alkyl halides is 3. The van der Waals surface area contributed by atoms with Gasteiger partial charge < -0.3 is 5.32 Å². The molecule has 2 rings (SSSR count). The van der Waals surface area contributed by atoms with Crippen molar-refractivity contribution in [3.63, 3.8) is 0 Å². The molecule has 1 nitrogen and oxygen atoms in total. The zero-order valence-electron chi connectivity index (χ0n) is 12.0. The van der Waals surface area contributed by atoms with Crippen molar-refractivity contribution < 1.29 is 13.2 Å². The Labute approximate surface area is 122 Å². The highest BCUT2D eigenvalue weighted by molar-refractivity contribution is 7.12. The van der Waals surface area contributed by atoms with Crippen molar-refractivity contribution in [1.82, 2.24) is 5.32 Å². The molecule has 3 atom stereocenters. The van der Waals surface area contributed by atoms with E-state index in [4.69, 9.17) is 0 Å². The SMILES string of the molecule is CCNC(c1ccc(C)s1)C1CCCCC1C(F)(F)F. The van der Waals surface area contributed by atoms with Gasteiger partial charge in [0.15, 0.2) is 0 Å². The van der Waals surface area contributed by atoms with E-state index in [1.807, 2.05) is 26.0 Å². The average Bonchev–Trinajstić information content (AvgIpc) is 2.81. The first-order valence-electron chi connectivity index (χ1n) is 7.30. The lowest BCUT2D eigenvalue weighted by Crippen LogP contribution is -2.40. The number of hydrogen-bond acceptors (Lipinski definition) is 2. The van der Waals surface area contributed by atoms with Gasteiger partial charge in [-0.25, -0.2) is 0 Å². The van der Waals surface area contributed by atoms with Gasteiger partial charge in [0.25, 0.3) is 0 Å². The van der Waals surface area contributed by atoms with Crippen LogP contribution >= 0.6 is 11.3 Å². The number of rotatable bonds is 4. The standard InChI is InChI=1S/C15H22F3NS/c1-3-19-14(13-9-8-10(2)20-13)11-6-4-5-7-12(11)15(16,17)18/h8-9,11-12,14,19H,3-7H2,1-2H3. The van der Waals surface area contributed by atoms with Gasteiger partial charge in [-0.1, -0.05) is 19.8 Å². The Bertz CT molecular complexity index is 427. The van der Waals surface area contributed by atoms with Gasteiger partial charge in [-0.15, -0.1) is 11.3 Å². The fraction of sp³-hybridized carbons (Fsp3) is 0.733. The van der Waals surface area contributed by atoms with Crippen LogP contribution < -0.4 is 5.32 Å². The molecule has 1 aliphatic rings. The molecule has 1 aliphatic carbocycles. The third-order valence-electron chi connectivity index (χ3n) is 4.16. The van der Waals surface area contributed by atoms with Gasteiger partial charge in [0.05, 0.1) is 5.92 Å². The van der Waals surface area contributed by atoms with E-state index in [-0.39, 0.29) is 18.4 Å². The third-order valence-corrected chi connectivity index (χ3v) is 5.24. The van der Waals surface area contributed by atoms with Crippen LogP contribution in [0.4, 0.5) is 13.2 Å². The summed E-state index contributed by atoms with van der Waals surface area (Å²) in [5.41, 5.74) is 0. The van der Waals surface area contributed by atoms with Crippen molar-refractivity contribution >= 4 is 11.3 Å². The predicted molar refractivity (Wildman–Crippen MR) is 77.0 cm³/mol. The van der Waals surface area contributed by atoms with Gasteiger partial charge in [0.2, 0.25) is 0 Å². The second-order valence-electron chi connectivity index (χ2n) is 5.58. The molecule has 1 heterocycles. The first-order valence-corrected chi connectivity index (χ1v) is 8.11. The summed E-state index contributed by atoms with van der Waals surface area (Å²) in [7, 11) is 0. The van der Waals surface area contributed by atoms with Crippen LogP contribution in [-0.2, 0) is 0 Å². The lowest BCUT2D eigenvalue weighted by molar-refractivity contribution is -0.199. The van der Waals surface area contributed by atoms with E-state index in [2.05, 4.69) is 5.32 Å². The highest BCUT2D eigenvalue weighted by atomic mass is 32.1. The number of nitrogens with one attached hydrogen (secondary N) is 1. The van der Waals surface area contributed by atoms with Gasteiger partial charge in [-0.05, 0) is 44.4 Å². The Morgan fingerprint density at radius 3 is 2.55 bits per heavy atom. The summed E-state index contributed by atoms with van der Waals surface area (Å²) < 4.78 is 39.9. The highest BCUT2D eigenvalue weighted by Crippen LogP contribution is 2.47. The van der Waals surface area contributed by atoms with Crippen LogP contribution in [0.3, 0.4) is 0 Å². The maximum atomic E-state index is 13.3. The molecule has 114 valence electrons. The van der Waals surface area contributed by atoms with Gasteiger partial charge in [-0.2, -0.15) is 13.2 Å². The zero-order valence-corrected chi connectivity index (χ0v) is 12.8. The summed E-state index contributed by atoms with van der Waals surface area (Å²) in [4.78, 5) is 2.20. The molecule has 0 aromatic carbocycles. The average molecular weight is 305 g/mol. The first-order chi connectivity index (χ1) is 9.43. The van der Waals surface area contributed by atoms with Crippen molar-refractivity contribution in [3.05, 3.63) is 21.9 Å². The van der Waals surface area contributed by atoms with Crippen molar-refractivity contribution in [2.75, 3.05) is 6.54 Å². The molecule has 1 saturated carbocycles. The van der Waals surface area contributed by atoms with Crippen molar-refractivity contribution in [2.24, 2.45) is 11.8 Å². The van der Waals surface area contributed by atoms with Crippen LogP contribution in [0.15, 0.2) is 12.1 Å². The molecule has 1 aromatic heterocycles. The van der Waals surface area contributed by atoms with E-state index in [0.717, 1.165) is 16.2 Å². The number of thiophene rings is 1. The molecule has 0 spiro atoms. The molecule has 0 radical (unpaired) electrons. The molecule has 1 aromatic rings. The monoisotopic (exact) mass is 305 g/mol. The molecule has 5 heteroatoms. The lowest BCUT2D eigenvalue weighted by Gasteiger charge is -2.38. The molecular formula is C15H22F3NS. The number of aryl methyl sites for hydroxylation is 1. The van der Waals surface area contributed by atoms with Gasteiger partial charge in [0.1, 0.15) is 0 Å². The summed E-state index contributed by atoms with van der Waals surface area (Å²) in [5, 5.41) is 3.29. The summed E-state index contributed by atoms with van der Waals surface area (Å²) >= 11 is 1.61. The summed E-state index contributed by atoms with van der Waals surface area (Å²) in [6.45, 7) is 4.65. The number of hydrogen-bond donors (Lipinski definition) is 1. The molecule has 1 fully saturated rings. The highest BCUT2D eigenvalue weighted by Gasteiger charge is 2.48. The van der Waals surface area contributed by atoms with E-state index in [1.165, 1.54) is 0 Å². The summed E-state index contributed by atoms with van der Waals surface area (Å²) in [5.74, 6) is -1.50. The summed E-state index contributed by atoms with van der Waals surface area (Å²) in [6, 6.07) is 3.82. The van der Waals surface area contributed by atoms with Crippen LogP contribution in [0, 0.1) is 18.8 Å². The summed E-state index contributed by atoms with van der Waals surface area (Å²) in [6.07, 6.45) is -1.53. The Hall–Kier alpha value is -0.550. The second-order valence-corrected chi connectivity index (χ2v) is 6.90. The van der Waals surface area contributed by atoms with Gasteiger partial charge in [0, 0.05) is 15.8 Å². The molecule has 0 aliphatic heterocycles. The normalized spacial score (nSPS) is 25.6. The minimum absolute atomic E-state index is 0.161. The maximum Gasteiger partial charge on any atom is 0.392 e. The molecule has 0 amide bonds. The van der Waals surface area contributed by atoms with Gasteiger partial charge in [-0.3, -0.25) is 0 Å². The molecular weight excluding hydrogens is 283 g/mol. The van der Waals surface area contributed by atoms with Crippen molar-refractivity contribution in [1.29, 1.82) is 0 Å². The maximum absolute atomic E-state index is 13.3. The quantitative estimate of drug-likeness (QED) is 0.818. The number of halogens is 3. The second kappa shape index (κ2) is 6.48. The van der Waals surface area contributed by atoms with E-state index >= 15 is 0 Å². The minimum atomic E-state index is -4.08. The molecule has 0 bridgehead atoms. The van der Waals surface area contributed by atoms with Crippen LogP contribution in [0.25, 0.3) is 0 Å². The van der Waals surface area contributed by atoms with E-state index in [0.29, 0.717) is 19.4 Å². The minimum Gasteiger partial charge on any atom is -0.309 e. The Kier molecular flexibility index (Phi) is 5.13. The third kappa shape index (κ3) is 3.55. The van der Waals surface area contributed by atoms with Crippen LogP contribution in [0.1, 0.15) is 48.4 Å². The molecule has 20 heavy (non-hydrogen) atoms. The fourth-order valence-electron chi connectivity index (χ4n) is 3.27. The molecule has 0 saturated heterocycles. The van der Waals surface area contributed by atoms with Crippen molar-refractivity contribution in [2.45, 2.75) is 51.7 Å². The van der Waals surface area contributed by atoms with E-state index in [9.17, 15) is 13.2 Å². The van der Waals surface area contributed by atoms with Crippen LogP contribution in [-0.4, -0.2) is 12.7 Å².